The van der Waals surface area contributed by atoms with Crippen LogP contribution >= 0.6 is 34.3 Å². The second-order valence-corrected chi connectivity index (χ2v) is 9.05. The number of nitriles is 2. The first-order valence-corrected chi connectivity index (χ1v) is 10.7. The normalized spacial score (nSPS) is 15.3. The molecule has 0 unspecified atom stereocenters. The smallest absolute Gasteiger partial charge is 0.154 e. The monoisotopic (exact) mass is 436 g/mol. The molecule has 4 rings (SSSR count). The van der Waals surface area contributed by atoms with E-state index in [4.69, 9.17) is 11.6 Å². The van der Waals surface area contributed by atoms with Crippen LogP contribution in [0, 0.1) is 22.7 Å². The topological polar surface area (TPSA) is 90.4 Å². The Bertz CT molecular complexity index is 1250. The molecule has 142 valence electrons. The van der Waals surface area contributed by atoms with Crippen LogP contribution in [0.15, 0.2) is 48.5 Å². The Hall–Kier alpha value is -2.84. The predicted octanol–water partition coefficient (Wildman–Crippen LogP) is 5.17. The summed E-state index contributed by atoms with van der Waals surface area (Å²) < 4.78 is 1.75. The lowest BCUT2D eigenvalue weighted by Crippen LogP contribution is -2.44. The van der Waals surface area contributed by atoms with Gasteiger partial charge in [-0.05, 0) is 31.2 Å². The maximum atomic E-state index is 12.3. The van der Waals surface area contributed by atoms with Crippen molar-refractivity contribution in [1.82, 2.24) is 9.97 Å². The molecule has 2 aromatic carbocycles. The fourth-order valence-corrected chi connectivity index (χ4v) is 5.88. The molecule has 0 aliphatic carbocycles. The van der Waals surface area contributed by atoms with Gasteiger partial charge in [0.25, 0.3) is 0 Å². The van der Waals surface area contributed by atoms with Gasteiger partial charge in [0, 0.05) is 0 Å². The van der Waals surface area contributed by atoms with Gasteiger partial charge in [-0.3, -0.25) is 4.79 Å². The van der Waals surface area contributed by atoms with Gasteiger partial charge in [0.05, 0.1) is 32.6 Å². The lowest BCUT2D eigenvalue weighted by atomic mass is 9.73. The molecular weight excluding hydrogens is 424 g/mol. The van der Waals surface area contributed by atoms with Crippen LogP contribution in [0.2, 0.25) is 0 Å². The summed E-state index contributed by atoms with van der Waals surface area (Å²) in [5, 5.41) is 20.0. The third-order valence-corrected chi connectivity index (χ3v) is 7.67. The summed E-state index contributed by atoms with van der Waals surface area (Å²) in [7, 11) is 0. The molecule has 0 saturated heterocycles. The Morgan fingerprint density at radius 2 is 1.62 bits per heavy atom. The molecule has 0 aliphatic rings. The van der Waals surface area contributed by atoms with Gasteiger partial charge in [0.15, 0.2) is 5.41 Å². The minimum Gasteiger partial charge on any atom is -0.298 e. The van der Waals surface area contributed by atoms with Gasteiger partial charge in [0.2, 0.25) is 0 Å². The van der Waals surface area contributed by atoms with Crippen molar-refractivity contribution in [2.45, 2.75) is 23.6 Å². The highest BCUT2D eigenvalue weighted by molar-refractivity contribution is 7.19. The van der Waals surface area contributed by atoms with Crippen molar-refractivity contribution in [3.8, 4) is 12.1 Å². The van der Waals surface area contributed by atoms with E-state index in [1.165, 1.54) is 29.6 Å². The molecule has 0 aliphatic heterocycles. The van der Waals surface area contributed by atoms with Crippen LogP contribution in [-0.2, 0) is 10.2 Å². The van der Waals surface area contributed by atoms with Crippen LogP contribution in [-0.4, -0.2) is 21.1 Å². The highest BCUT2D eigenvalue weighted by atomic mass is 35.5. The molecule has 0 saturated carbocycles. The Kier molecular flexibility index (Phi) is 5.06. The van der Waals surface area contributed by atoms with Gasteiger partial charge in [-0.25, -0.2) is 9.97 Å². The molecule has 29 heavy (non-hydrogen) atoms. The first-order valence-electron chi connectivity index (χ1n) is 8.68. The molecular formula is C21H13ClN4OS2. The largest absolute Gasteiger partial charge is 0.298 e. The molecule has 3 atom stereocenters. The van der Waals surface area contributed by atoms with Crippen molar-refractivity contribution in [3.05, 3.63) is 58.5 Å². The fraction of sp³-hybridized carbons (Fsp3) is 0.190. The summed E-state index contributed by atoms with van der Waals surface area (Å²) in [5.74, 6) is -1.44. The zero-order chi connectivity index (χ0) is 20.6. The van der Waals surface area contributed by atoms with Gasteiger partial charge in [-0.2, -0.15) is 10.5 Å². The van der Waals surface area contributed by atoms with Crippen molar-refractivity contribution in [2.24, 2.45) is 0 Å². The molecule has 4 aromatic rings. The lowest BCUT2D eigenvalue weighted by Gasteiger charge is -2.30. The molecule has 0 amide bonds. The highest BCUT2D eigenvalue weighted by Crippen LogP contribution is 2.47. The van der Waals surface area contributed by atoms with E-state index in [2.05, 4.69) is 22.1 Å². The van der Waals surface area contributed by atoms with E-state index in [0.717, 1.165) is 14.9 Å². The lowest BCUT2D eigenvalue weighted by molar-refractivity contribution is -0.117. The van der Waals surface area contributed by atoms with E-state index in [1.54, 1.807) is 0 Å². The zero-order valence-corrected chi connectivity index (χ0v) is 17.6. The Labute approximate surface area is 179 Å². The summed E-state index contributed by atoms with van der Waals surface area (Å²) in [5.41, 5.74) is -0.224. The Balaban J connectivity index is 1.99. The Morgan fingerprint density at radius 1 is 1.03 bits per heavy atom. The number of benzene rings is 2. The second-order valence-electron chi connectivity index (χ2n) is 6.52. The molecule has 0 bridgehead atoms. The maximum absolute atomic E-state index is 12.3. The number of hydrogen-bond donors (Lipinski definition) is 0. The van der Waals surface area contributed by atoms with Gasteiger partial charge in [0.1, 0.15) is 27.1 Å². The number of hydrogen-bond acceptors (Lipinski definition) is 7. The van der Waals surface area contributed by atoms with E-state index in [-0.39, 0.29) is 0 Å². The van der Waals surface area contributed by atoms with Crippen LogP contribution in [0.1, 0.15) is 22.9 Å². The van der Waals surface area contributed by atoms with Gasteiger partial charge < -0.3 is 0 Å². The predicted molar refractivity (Wildman–Crippen MR) is 115 cm³/mol. The van der Waals surface area contributed by atoms with Gasteiger partial charge in [-0.1, -0.05) is 24.3 Å². The van der Waals surface area contributed by atoms with Crippen LogP contribution in [0.4, 0.5) is 0 Å². The number of aromatic nitrogens is 2. The molecule has 0 spiro atoms. The van der Waals surface area contributed by atoms with Gasteiger partial charge in [-0.15, -0.1) is 34.3 Å². The number of carbonyl (C=O) groups excluding carboxylic acids is 1. The molecule has 2 aromatic heterocycles. The number of thiazole rings is 2. The fourth-order valence-electron chi connectivity index (χ4n) is 3.28. The van der Waals surface area contributed by atoms with Crippen LogP contribution in [0.3, 0.4) is 0 Å². The number of ketones is 1. The minimum absolute atomic E-state index is 0.349. The summed E-state index contributed by atoms with van der Waals surface area (Å²) in [6, 6.07) is 19.3. The van der Waals surface area contributed by atoms with Crippen molar-refractivity contribution < 1.29 is 4.79 Å². The number of nitrogens with zero attached hydrogens (tertiary/aromatic N) is 4. The Morgan fingerprint density at radius 3 is 2.14 bits per heavy atom. The van der Waals surface area contributed by atoms with Crippen molar-refractivity contribution in [1.29, 1.82) is 10.5 Å². The standard InChI is InChI=1S/C21H13ClN4OS2/c1-12(27)18(22)21(11-24,20-26-15-7-3-5-9-17(15)29-20)13(10-23)19-25-14-6-2-4-8-16(14)28-19/h2-9,13,18H,1H3/t13-,18-,21-/m0/s1. The van der Waals surface area contributed by atoms with Crippen LogP contribution in [0.5, 0.6) is 0 Å². The van der Waals surface area contributed by atoms with E-state index in [9.17, 15) is 15.3 Å². The number of alkyl halides is 1. The first-order chi connectivity index (χ1) is 14.0. The van der Waals surface area contributed by atoms with Crippen molar-refractivity contribution in [3.63, 3.8) is 0 Å². The number of fused-ring (bicyclic) bond motifs is 2. The maximum Gasteiger partial charge on any atom is 0.154 e. The third-order valence-electron chi connectivity index (χ3n) is 4.73. The zero-order valence-electron chi connectivity index (χ0n) is 15.2. The minimum atomic E-state index is -1.65. The highest BCUT2D eigenvalue weighted by Gasteiger charge is 2.53. The quantitative estimate of drug-likeness (QED) is 0.402. The first kappa shape index (κ1) is 19.5. The van der Waals surface area contributed by atoms with Crippen molar-refractivity contribution in [2.75, 3.05) is 0 Å². The van der Waals surface area contributed by atoms with E-state index in [0.29, 0.717) is 15.5 Å². The molecule has 8 heteroatoms. The van der Waals surface area contributed by atoms with Crippen LogP contribution < -0.4 is 0 Å². The molecule has 0 N–H and O–H groups in total. The molecule has 2 heterocycles. The number of para-hydroxylation sites is 2. The van der Waals surface area contributed by atoms with Gasteiger partial charge >= 0.3 is 0 Å². The number of halogens is 1. The second kappa shape index (κ2) is 7.53. The summed E-state index contributed by atoms with van der Waals surface area (Å²) in [4.78, 5) is 21.5. The van der Waals surface area contributed by atoms with E-state index in [1.807, 2.05) is 48.5 Å². The van der Waals surface area contributed by atoms with Crippen LogP contribution in [0.25, 0.3) is 20.4 Å². The summed E-state index contributed by atoms with van der Waals surface area (Å²) in [6.07, 6.45) is 0. The number of rotatable bonds is 5. The third kappa shape index (κ3) is 3.08. The molecule has 5 nitrogen and oxygen atoms in total. The van der Waals surface area contributed by atoms with E-state index >= 15 is 0 Å². The summed E-state index contributed by atoms with van der Waals surface area (Å²) >= 11 is 9.14. The molecule has 0 fully saturated rings. The van der Waals surface area contributed by atoms with Crippen molar-refractivity contribution >= 4 is 60.5 Å². The molecule has 0 radical (unpaired) electrons. The average Bonchev–Trinajstić information content (AvgIpc) is 3.35. The SMILES string of the molecule is CC(=O)[C@H](Cl)[C@@](C#N)(c1nc2ccccc2s1)[C@@H](C#N)c1nc2ccccc2s1. The number of carbonyl (C=O) groups is 1. The van der Waals surface area contributed by atoms with E-state index < -0.39 is 22.5 Å². The average molecular weight is 437 g/mol. The number of Topliss-reactive ketones (excluding diaryl/α,β-unsaturated/α-hetero) is 1. The summed E-state index contributed by atoms with van der Waals surface area (Å²) in [6.45, 7) is 1.32.